The molecule has 0 N–H and O–H groups in total. The topological polar surface area (TPSA) is 23.8 Å². The van der Waals surface area contributed by atoms with Crippen molar-refractivity contribution >= 4 is 15.9 Å². The van der Waals surface area contributed by atoms with Gasteiger partial charge in [0.25, 0.3) is 0 Å². The minimum atomic E-state index is -0.142. The average molecular weight is 298 g/mol. The van der Waals surface area contributed by atoms with Crippen LogP contribution in [0.4, 0.5) is 0 Å². The number of nitrogens with zero attached hydrogens (tertiary/aromatic N) is 1. The normalized spacial score (nSPS) is 17.2. The minimum Gasteiger partial charge on any atom is -0.197 e. The van der Waals surface area contributed by atoms with Gasteiger partial charge in [-0.15, -0.1) is 0 Å². The molecule has 2 heteroatoms. The highest BCUT2D eigenvalue weighted by Gasteiger charge is 2.23. The van der Waals surface area contributed by atoms with E-state index >= 15 is 0 Å². The second kappa shape index (κ2) is 4.59. The first-order valence-corrected chi connectivity index (χ1v) is 6.84. The van der Waals surface area contributed by atoms with Gasteiger partial charge in [-0.1, -0.05) is 46.3 Å². The van der Waals surface area contributed by atoms with Crippen LogP contribution < -0.4 is 0 Å². The summed E-state index contributed by atoms with van der Waals surface area (Å²) < 4.78 is 1.04. The highest BCUT2D eigenvalue weighted by atomic mass is 79.9. The van der Waals surface area contributed by atoms with E-state index in [1.165, 1.54) is 11.1 Å². The van der Waals surface area contributed by atoms with Gasteiger partial charge in [0.1, 0.15) is 0 Å². The molecule has 0 bridgehead atoms. The maximum atomic E-state index is 9.54. The van der Waals surface area contributed by atoms with Crippen molar-refractivity contribution in [1.82, 2.24) is 0 Å². The monoisotopic (exact) mass is 297 g/mol. The Morgan fingerprint density at radius 3 is 2.50 bits per heavy atom. The third kappa shape index (κ3) is 1.85. The predicted molar refractivity (Wildman–Crippen MR) is 75.4 cm³/mol. The van der Waals surface area contributed by atoms with Crippen LogP contribution in [0.3, 0.4) is 0 Å². The lowest BCUT2D eigenvalue weighted by Gasteiger charge is -2.13. The fourth-order valence-electron chi connectivity index (χ4n) is 2.68. The summed E-state index contributed by atoms with van der Waals surface area (Å²) in [4.78, 5) is 0. The number of aryl methyl sites for hydroxylation is 2. The quantitative estimate of drug-likeness (QED) is 0.715. The van der Waals surface area contributed by atoms with Crippen LogP contribution >= 0.6 is 15.9 Å². The number of benzene rings is 2. The van der Waals surface area contributed by atoms with Crippen molar-refractivity contribution in [3.63, 3.8) is 0 Å². The number of nitriles is 1. The summed E-state index contributed by atoms with van der Waals surface area (Å²) in [6, 6.07) is 17.0. The zero-order valence-electron chi connectivity index (χ0n) is 9.86. The van der Waals surface area contributed by atoms with Crippen molar-refractivity contribution in [1.29, 1.82) is 5.26 Å². The van der Waals surface area contributed by atoms with Gasteiger partial charge in [0.05, 0.1) is 12.0 Å². The predicted octanol–water partition coefficient (Wildman–Crippen LogP) is 4.20. The lowest BCUT2D eigenvalue weighted by molar-refractivity contribution is 0.965. The first-order chi connectivity index (χ1) is 8.79. The van der Waals surface area contributed by atoms with Gasteiger partial charge in [0.2, 0.25) is 0 Å². The summed E-state index contributed by atoms with van der Waals surface area (Å²) >= 11 is 3.50. The number of halogens is 1. The van der Waals surface area contributed by atoms with E-state index in [4.69, 9.17) is 0 Å². The molecule has 2 aromatic rings. The van der Waals surface area contributed by atoms with Gasteiger partial charge in [-0.25, -0.2) is 0 Å². The molecule has 1 aliphatic rings. The summed E-state index contributed by atoms with van der Waals surface area (Å²) in [5.41, 5.74) is 4.91. The maximum Gasteiger partial charge on any atom is 0.0968 e. The van der Waals surface area contributed by atoms with Crippen LogP contribution in [0.1, 0.15) is 28.2 Å². The van der Waals surface area contributed by atoms with Crippen molar-refractivity contribution in [2.45, 2.75) is 18.8 Å². The molecular weight excluding hydrogens is 286 g/mol. The van der Waals surface area contributed by atoms with Crippen LogP contribution in [-0.4, -0.2) is 0 Å². The number of hydrogen-bond acceptors (Lipinski definition) is 1. The summed E-state index contributed by atoms with van der Waals surface area (Å²) in [5, 5.41) is 9.54. The summed E-state index contributed by atoms with van der Waals surface area (Å²) in [7, 11) is 0. The molecule has 3 rings (SSSR count). The molecule has 0 fully saturated rings. The minimum absolute atomic E-state index is 0.142. The van der Waals surface area contributed by atoms with E-state index < -0.39 is 0 Å². The molecule has 2 aromatic carbocycles. The van der Waals surface area contributed by atoms with Crippen LogP contribution in [0.25, 0.3) is 0 Å². The Morgan fingerprint density at radius 2 is 1.72 bits per heavy atom. The molecule has 0 aliphatic heterocycles. The number of rotatable bonds is 0. The molecule has 1 nitrogen and oxygen atoms in total. The van der Waals surface area contributed by atoms with Gasteiger partial charge < -0.3 is 0 Å². The van der Waals surface area contributed by atoms with E-state index in [2.05, 4.69) is 58.4 Å². The molecule has 0 aromatic heterocycles. The van der Waals surface area contributed by atoms with Crippen LogP contribution in [0.2, 0.25) is 0 Å². The Bertz CT molecular complexity index is 640. The summed E-state index contributed by atoms with van der Waals surface area (Å²) in [5.74, 6) is -0.142. The summed E-state index contributed by atoms with van der Waals surface area (Å²) in [6.07, 6.45) is 2.03. The molecule has 0 saturated carbocycles. The Kier molecular flexibility index (Phi) is 2.93. The number of fused-ring (bicyclic) bond motifs is 2. The smallest absolute Gasteiger partial charge is 0.0968 e. The fraction of sp³-hybridized carbons (Fsp3) is 0.188. The van der Waals surface area contributed by atoms with Gasteiger partial charge in [0, 0.05) is 4.47 Å². The lowest BCUT2D eigenvalue weighted by Crippen LogP contribution is -2.01. The SMILES string of the molecule is N#C[C@@H]1c2ccccc2CCc2ccc(Br)cc21. The Morgan fingerprint density at radius 1 is 1.00 bits per heavy atom. The Labute approximate surface area is 115 Å². The zero-order valence-corrected chi connectivity index (χ0v) is 11.4. The van der Waals surface area contributed by atoms with Crippen molar-refractivity contribution in [2.75, 3.05) is 0 Å². The van der Waals surface area contributed by atoms with Crippen molar-refractivity contribution in [3.8, 4) is 6.07 Å². The van der Waals surface area contributed by atoms with E-state index in [9.17, 15) is 5.26 Å². The van der Waals surface area contributed by atoms with Crippen LogP contribution in [0, 0.1) is 11.3 Å². The maximum absolute atomic E-state index is 9.54. The van der Waals surface area contributed by atoms with E-state index in [0.717, 1.165) is 28.4 Å². The fourth-order valence-corrected chi connectivity index (χ4v) is 3.06. The van der Waals surface area contributed by atoms with Gasteiger partial charge in [0.15, 0.2) is 0 Å². The van der Waals surface area contributed by atoms with Crippen molar-refractivity contribution < 1.29 is 0 Å². The molecule has 0 heterocycles. The van der Waals surface area contributed by atoms with Gasteiger partial charge >= 0.3 is 0 Å². The lowest BCUT2D eigenvalue weighted by atomic mass is 9.89. The highest BCUT2D eigenvalue weighted by Crippen LogP contribution is 2.35. The highest BCUT2D eigenvalue weighted by molar-refractivity contribution is 9.10. The molecule has 0 spiro atoms. The number of hydrogen-bond donors (Lipinski definition) is 0. The largest absolute Gasteiger partial charge is 0.197 e. The van der Waals surface area contributed by atoms with Gasteiger partial charge in [-0.05, 0) is 47.2 Å². The molecule has 1 aliphatic carbocycles. The third-order valence-corrected chi connectivity index (χ3v) is 4.07. The first-order valence-electron chi connectivity index (χ1n) is 6.05. The molecular formula is C16H12BrN. The van der Waals surface area contributed by atoms with E-state index in [1.54, 1.807) is 0 Å². The third-order valence-electron chi connectivity index (χ3n) is 3.58. The molecule has 18 heavy (non-hydrogen) atoms. The van der Waals surface area contributed by atoms with Crippen LogP contribution in [0.15, 0.2) is 46.9 Å². The molecule has 88 valence electrons. The van der Waals surface area contributed by atoms with Gasteiger partial charge in [-0.3, -0.25) is 0 Å². The van der Waals surface area contributed by atoms with E-state index in [1.807, 2.05) is 6.07 Å². The average Bonchev–Trinajstić information content (AvgIpc) is 2.54. The van der Waals surface area contributed by atoms with E-state index in [0.29, 0.717) is 0 Å². The summed E-state index contributed by atoms with van der Waals surface area (Å²) in [6.45, 7) is 0. The Hall–Kier alpha value is -1.59. The van der Waals surface area contributed by atoms with Crippen molar-refractivity contribution in [3.05, 3.63) is 69.2 Å². The Balaban J connectivity index is 2.24. The molecule has 0 radical (unpaired) electrons. The molecule has 0 amide bonds. The zero-order chi connectivity index (χ0) is 12.5. The van der Waals surface area contributed by atoms with E-state index in [-0.39, 0.29) is 5.92 Å². The van der Waals surface area contributed by atoms with Gasteiger partial charge in [-0.2, -0.15) is 5.26 Å². The molecule has 0 saturated heterocycles. The second-order valence-corrected chi connectivity index (χ2v) is 5.52. The standard InChI is InChI=1S/C16H12BrN/c17-13-8-7-12-6-5-11-3-1-2-4-14(11)16(10-18)15(12)9-13/h1-4,7-9,16H,5-6H2/t16-/m1/s1. The first kappa shape index (κ1) is 11.5. The molecule has 0 unspecified atom stereocenters. The van der Waals surface area contributed by atoms with Crippen molar-refractivity contribution in [2.24, 2.45) is 0 Å². The second-order valence-electron chi connectivity index (χ2n) is 4.60. The van der Waals surface area contributed by atoms with Crippen LogP contribution in [-0.2, 0) is 12.8 Å². The molecule has 1 atom stereocenters. The van der Waals surface area contributed by atoms with Crippen LogP contribution in [0.5, 0.6) is 0 Å².